The molecule has 1 atom stereocenters. The van der Waals surface area contributed by atoms with E-state index < -0.39 is 0 Å². The third-order valence-electron chi connectivity index (χ3n) is 3.30. The van der Waals surface area contributed by atoms with Gasteiger partial charge in [0.05, 0.1) is 0 Å². The summed E-state index contributed by atoms with van der Waals surface area (Å²) in [6.07, 6.45) is 0.953. The summed E-state index contributed by atoms with van der Waals surface area (Å²) in [5, 5.41) is 4.23. The van der Waals surface area contributed by atoms with Gasteiger partial charge in [-0.05, 0) is 44.2 Å². The minimum atomic E-state index is 0.418. The molecule has 0 bridgehead atoms. The molecular formula is C17H20ClNS. The Morgan fingerprint density at radius 2 is 1.80 bits per heavy atom. The highest BCUT2D eigenvalue weighted by molar-refractivity contribution is 7.99. The number of thioether (sulfide) groups is 1. The average Bonchev–Trinajstić information content (AvgIpc) is 2.47. The summed E-state index contributed by atoms with van der Waals surface area (Å²) in [6, 6.07) is 17.2. The van der Waals surface area contributed by atoms with Gasteiger partial charge in [-0.2, -0.15) is 0 Å². The van der Waals surface area contributed by atoms with Crippen LogP contribution >= 0.6 is 23.4 Å². The molecule has 1 N–H and O–H groups in total. The van der Waals surface area contributed by atoms with E-state index in [0.29, 0.717) is 6.04 Å². The van der Waals surface area contributed by atoms with Crippen molar-refractivity contribution in [2.45, 2.75) is 24.3 Å². The molecule has 106 valence electrons. The second-order valence-electron chi connectivity index (χ2n) is 4.91. The maximum absolute atomic E-state index is 6.23. The van der Waals surface area contributed by atoms with Crippen LogP contribution in [0.1, 0.15) is 11.1 Å². The maximum atomic E-state index is 6.23. The Labute approximate surface area is 130 Å². The van der Waals surface area contributed by atoms with Gasteiger partial charge in [-0.15, -0.1) is 11.8 Å². The van der Waals surface area contributed by atoms with Gasteiger partial charge in [-0.1, -0.05) is 47.5 Å². The number of hydrogen-bond acceptors (Lipinski definition) is 2. The SMILES string of the molecule is CNC(CSc1ccc(C)cc1)Cc1ccccc1Cl. The number of likely N-dealkylation sites (N-methyl/N-ethyl adjacent to an activating group) is 1. The molecule has 0 aliphatic rings. The minimum Gasteiger partial charge on any atom is -0.316 e. The normalized spacial score (nSPS) is 12.3. The summed E-state index contributed by atoms with van der Waals surface area (Å²) in [7, 11) is 2.01. The molecule has 0 fully saturated rings. The van der Waals surface area contributed by atoms with E-state index in [1.165, 1.54) is 16.0 Å². The number of nitrogens with one attached hydrogen (secondary N) is 1. The van der Waals surface area contributed by atoms with Crippen molar-refractivity contribution < 1.29 is 0 Å². The molecule has 0 aliphatic carbocycles. The molecule has 2 aromatic rings. The van der Waals surface area contributed by atoms with Crippen molar-refractivity contribution in [3.8, 4) is 0 Å². The van der Waals surface area contributed by atoms with Crippen LogP contribution in [0, 0.1) is 6.92 Å². The van der Waals surface area contributed by atoms with Gasteiger partial charge in [0.25, 0.3) is 0 Å². The van der Waals surface area contributed by atoms with Gasteiger partial charge >= 0.3 is 0 Å². The summed E-state index contributed by atoms with van der Waals surface area (Å²) >= 11 is 8.11. The Kier molecular flexibility index (Phi) is 5.96. The summed E-state index contributed by atoms with van der Waals surface area (Å²) in [5.74, 6) is 1.03. The molecule has 0 aromatic heterocycles. The molecule has 2 rings (SSSR count). The lowest BCUT2D eigenvalue weighted by molar-refractivity contribution is 0.617. The topological polar surface area (TPSA) is 12.0 Å². The highest BCUT2D eigenvalue weighted by atomic mass is 35.5. The molecule has 1 nitrogen and oxygen atoms in total. The van der Waals surface area contributed by atoms with Gasteiger partial charge in [0.1, 0.15) is 0 Å². The van der Waals surface area contributed by atoms with Crippen LogP contribution in [0.15, 0.2) is 53.4 Å². The van der Waals surface area contributed by atoms with E-state index in [4.69, 9.17) is 11.6 Å². The highest BCUT2D eigenvalue weighted by Crippen LogP contribution is 2.22. The van der Waals surface area contributed by atoms with Crippen LogP contribution in [0.3, 0.4) is 0 Å². The first kappa shape index (κ1) is 15.4. The quantitative estimate of drug-likeness (QED) is 0.785. The predicted octanol–water partition coefficient (Wildman–Crippen LogP) is 4.57. The van der Waals surface area contributed by atoms with E-state index in [-0.39, 0.29) is 0 Å². The van der Waals surface area contributed by atoms with Crippen molar-refractivity contribution in [2.24, 2.45) is 0 Å². The second kappa shape index (κ2) is 7.72. The third-order valence-corrected chi connectivity index (χ3v) is 4.85. The Hall–Kier alpha value is -0.960. The average molecular weight is 306 g/mol. The molecule has 0 saturated carbocycles. The van der Waals surface area contributed by atoms with Crippen molar-refractivity contribution in [3.63, 3.8) is 0 Å². The van der Waals surface area contributed by atoms with Crippen LogP contribution in [0.5, 0.6) is 0 Å². The zero-order valence-corrected chi connectivity index (χ0v) is 13.5. The zero-order chi connectivity index (χ0) is 14.4. The second-order valence-corrected chi connectivity index (χ2v) is 6.41. The molecule has 20 heavy (non-hydrogen) atoms. The minimum absolute atomic E-state index is 0.418. The van der Waals surface area contributed by atoms with Crippen LogP contribution in [0.25, 0.3) is 0 Å². The first-order valence-electron chi connectivity index (χ1n) is 6.79. The van der Waals surface area contributed by atoms with Gasteiger partial charge in [0.15, 0.2) is 0 Å². The molecular weight excluding hydrogens is 286 g/mol. The van der Waals surface area contributed by atoms with Crippen molar-refractivity contribution >= 4 is 23.4 Å². The Morgan fingerprint density at radius 3 is 2.45 bits per heavy atom. The van der Waals surface area contributed by atoms with E-state index in [9.17, 15) is 0 Å². The van der Waals surface area contributed by atoms with Crippen LogP contribution in [0.2, 0.25) is 5.02 Å². The molecule has 3 heteroatoms. The van der Waals surface area contributed by atoms with Crippen LogP contribution in [-0.2, 0) is 6.42 Å². The van der Waals surface area contributed by atoms with Gasteiger partial charge < -0.3 is 5.32 Å². The largest absolute Gasteiger partial charge is 0.316 e. The van der Waals surface area contributed by atoms with Crippen molar-refractivity contribution in [1.82, 2.24) is 5.32 Å². The third kappa shape index (κ3) is 4.55. The van der Waals surface area contributed by atoms with Gasteiger partial charge in [-0.25, -0.2) is 0 Å². The van der Waals surface area contributed by atoms with Gasteiger partial charge in [0.2, 0.25) is 0 Å². The number of halogens is 1. The van der Waals surface area contributed by atoms with Crippen LogP contribution in [0.4, 0.5) is 0 Å². The highest BCUT2D eigenvalue weighted by Gasteiger charge is 2.10. The van der Waals surface area contributed by atoms with E-state index in [1.54, 1.807) is 0 Å². The van der Waals surface area contributed by atoms with Crippen molar-refractivity contribution in [1.29, 1.82) is 0 Å². The van der Waals surface area contributed by atoms with Gasteiger partial charge in [0, 0.05) is 21.7 Å². The summed E-state index contributed by atoms with van der Waals surface area (Å²) in [6.45, 7) is 2.11. The maximum Gasteiger partial charge on any atom is 0.0438 e. The first-order valence-corrected chi connectivity index (χ1v) is 8.15. The smallest absolute Gasteiger partial charge is 0.0438 e. The van der Waals surface area contributed by atoms with E-state index in [0.717, 1.165) is 17.2 Å². The molecule has 1 unspecified atom stereocenters. The van der Waals surface area contributed by atoms with Gasteiger partial charge in [-0.3, -0.25) is 0 Å². The predicted molar refractivity (Wildman–Crippen MR) is 89.9 cm³/mol. The lowest BCUT2D eigenvalue weighted by Crippen LogP contribution is -2.30. The fourth-order valence-corrected chi connectivity index (χ4v) is 3.22. The molecule has 2 aromatic carbocycles. The summed E-state index contributed by atoms with van der Waals surface area (Å²) in [4.78, 5) is 1.31. The van der Waals surface area contributed by atoms with Crippen LogP contribution in [-0.4, -0.2) is 18.8 Å². The lowest BCUT2D eigenvalue weighted by Gasteiger charge is -2.16. The lowest BCUT2D eigenvalue weighted by atomic mass is 10.1. The Morgan fingerprint density at radius 1 is 1.10 bits per heavy atom. The molecule has 0 aliphatic heterocycles. The van der Waals surface area contributed by atoms with E-state index in [2.05, 4.69) is 42.6 Å². The monoisotopic (exact) mass is 305 g/mol. The molecule has 0 amide bonds. The number of rotatable bonds is 6. The first-order chi connectivity index (χ1) is 9.69. The van der Waals surface area contributed by atoms with Crippen LogP contribution < -0.4 is 5.32 Å². The number of benzene rings is 2. The summed E-state index contributed by atoms with van der Waals surface area (Å²) in [5.41, 5.74) is 2.51. The molecule has 0 heterocycles. The summed E-state index contributed by atoms with van der Waals surface area (Å²) < 4.78 is 0. The standard InChI is InChI=1S/C17H20ClNS/c1-13-7-9-16(10-8-13)20-12-15(19-2)11-14-5-3-4-6-17(14)18/h3-10,15,19H,11-12H2,1-2H3. The Bertz CT molecular complexity index is 539. The molecule has 0 saturated heterocycles. The fraction of sp³-hybridized carbons (Fsp3) is 0.294. The number of aryl methyl sites for hydroxylation is 1. The zero-order valence-electron chi connectivity index (χ0n) is 11.9. The Balaban J connectivity index is 1.92. The van der Waals surface area contributed by atoms with Crippen molar-refractivity contribution in [2.75, 3.05) is 12.8 Å². The van der Waals surface area contributed by atoms with Crippen molar-refractivity contribution in [3.05, 3.63) is 64.7 Å². The fourth-order valence-electron chi connectivity index (χ4n) is 2.01. The molecule has 0 radical (unpaired) electrons. The molecule has 0 spiro atoms. The van der Waals surface area contributed by atoms with E-state index >= 15 is 0 Å². The van der Waals surface area contributed by atoms with E-state index in [1.807, 2.05) is 37.0 Å². The number of hydrogen-bond donors (Lipinski definition) is 1.